The predicted molar refractivity (Wildman–Crippen MR) is 70.9 cm³/mol. The van der Waals surface area contributed by atoms with Crippen LogP contribution in [0, 0.1) is 6.92 Å². The summed E-state index contributed by atoms with van der Waals surface area (Å²) in [6.45, 7) is 2.05. The second-order valence-electron chi connectivity index (χ2n) is 4.29. The molecule has 0 bridgehead atoms. The van der Waals surface area contributed by atoms with Crippen molar-refractivity contribution in [1.82, 2.24) is 9.78 Å². The van der Waals surface area contributed by atoms with Crippen molar-refractivity contribution in [1.29, 1.82) is 0 Å². The van der Waals surface area contributed by atoms with Crippen molar-refractivity contribution in [3.05, 3.63) is 52.3 Å². The summed E-state index contributed by atoms with van der Waals surface area (Å²) in [6, 6.07) is 10.8. The first-order valence-corrected chi connectivity index (χ1v) is 5.93. The average molecular weight is 258 g/mol. The van der Waals surface area contributed by atoms with E-state index in [1.807, 2.05) is 31.2 Å². The largest absolute Gasteiger partial charge is 0.481 e. The van der Waals surface area contributed by atoms with Crippen LogP contribution in [0.25, 0.3) is 11.3 Å². The third-order valence-corrected chi connectivity index (χ3v) is 2.72. The van der Waals surface area contributed by atoms with Crippen molar-refractivity contribution in [2.24, 2.45) is 0 Å². The van der Waals surface area contributed by atoms with Crippen LogP contribution in [-0.4, -0.2) is 20.9 Å². The number of carboxylic acids is 1. The first-order valence-electron chi connectivity index (χ1n) is 5.93. The molecule has 5 heteroatoms. The Labute approximate surface area is 110 Å². The fourth-order valence-corrected chi connectivity index (χ4v) is 1.77. The zero-order valence-electron chi connectivity index (χ0n) is 10.5. The maximum Gasteiger partial charge on any atom is 0.305 e. The fourth-order valence-electron chi connectivity index (χ4n) is 1.77. The van der Waals surface area contributed by atoms with Gasteiger partial charge in [-0.15, -0.1) is 0 Å². The van der Waals surface area contributed by atoms with Gasteiger partial charge in [-0.25, -0.2) is 4.68 Å². The first-order chi connectivity index (χ1) is 9.06. The van der Waals surface area contributed by atoms with Crippen molar-refractivity contribution >= 4 is 5.97 Å². The van der Waals surface area contributed by atoms with Gasteiger partial charge in [-0.05, 0) is 19.1 Å². The lowest BCUT2D eigenvalue weighted by atomic mass is 10.1. The van der Waals surface area contributed by atoms with E-state index in [-0.39, 0.29) is 18.5 Å². The summed E-state index contributed by atoms with van der Waals surface area (Å²) in [6.07, 6.45) is -0.121. The van der Waals surface area contributed by atoms with E-state index in [0.29, 0.717) is 5.69 Å². The fraction of sp³-hybridized carbons (Fsp3) is 0.214. The highest BCUT2D eigenvalue weighted by atomic mass is 16.4. The number of carbonyl (C=O) groups is 1. The normalized spacial score (nSPS) is 10.4. The van der Waals surface area contributed by atoms with Crippen molar-refractivity contribution in [3.8, 4) is 11.3 Å². The average Bonchev–Trinajstić information content (AvgIpc) is 2.37. The van der Waals surface area contributed by atoms with E-state index in [2.05, 4.69) is 5.10 Å². The highest BCUT2D eigenvalue weighted by Crippen LogP contribution is 2.16. The SMILES string of the molecule is Cc1cccc(-c2ccc(=O)n(CCC(=O)O)n2)c1. The summed E-state index contributed by atoms with van der Waals surface area (Å²) in [5, 5.41) is 12.8. The van der Waals surface area contributed by atoms with Gasteiger partial charge in [0.1, 0.15) is 0 Å². The van der Waals surface area contributed by atoms with Gasteiger partial charge in [0.2, 0.25) is 0 Å². The number of aliphatic carboxylic acids is 1. The third-order valence-electron chi connectivity index (χ3n) is 2.72. The van der Waals surface area contributed by atoms with E-state index in [0.717, 1.165) is 11.1 Å². The molecule has 0 amide bonds. The van der Waals surface area contributed by atoms with Crippen LogP contribution in [0.2, 0.25) is 0 Å². The molecule has 0 saturated carbocycles. The minimum Gasteiger partial charge on any atom is -0.481 e. The molecule has 5 nitrogen and oxygen atoms in total. The van der Waals surface area contributed by atoms with E-state index in [9.17, 15) is 9.59 Å². The lowest BCUT2D eigenvalue weighted by Gasteiger charge is -2.06. The molecule has 1 aromatic heterocycles. The monoisotopic (exact) mass is 258 g/mol. The Hall–Kier alpha value is -2.43. The number of benzene rings is 1. The summed E-state index contributed by atoms with van der Waals surface area (Å²) in [7, 11) is 0. The molecule has 0 aliphatic heterocycles. The Morgan fingerprint density at radius 1 is 1.32 bits per heavy atom. The molecular weight excluding hydrogens is 244 g/mol. The van der Waals surface area contributed by atoms with Gasteiger partial charge in [-0.3, -0.25) is 9.59 Å². The number of aryl methyl sites for hydroxylation is 2. The predicted octanol–water partition coefficient (Wildman–Crippen LogP) is 1.69. The van der Waals surface area contributed by atoms with Gasteiger partial charge in [0.15, 0.2) is 0 Å². The van der Waals surface area contributed by atoms with Crippen LogP contribution in [0.1, 0.15) is 12.0 Å². The van der Waals surface area contributed by atoms with E-state index in [1.54, 1.807) is 6.07 Å². The molecule has 0 saturated heterocycles. The molecule has 0 aliphatic carbocycles. The van der Waals surface area contributed by atoms with Crippen molar-refractivity contribution in [2.45, 2.75) is 19.9 Å². The quantitative estimate of drug-likeness (QED) is 0.905. The third kappa shape index (κ3) is 3.28. The van der Waals surface area contributed by atoms with Gasteiger partial charge in [-0.1, -0.05) is 23.8 Å². The number of rotatable bonds is 4. The standard InChI is InChI=1S/C14H14N2O3/c1-10-3-2-4-11(9-10)12-5-6-13(17)16(15-12)8-7-14(18)19/h2-6,9H,7-8H2,1H3,(H,18,19). The van der Waals surface area contributed by atoms with Gasteiger partial charge < -0.3 is 5.11 Å². The second-order valence-corrected chi connectivity index (χ2v) is 4.29. The molecular formula is C14H14N2O3. The summed E-state index contributed by atoms with van der Waals surface area (Å²) >= 11 is 0. The maximum atomic E-state index is 11.6. The molecule has 0 spiro atoms. The molecule has 2 aromatic rings. The molecule has 19 heavy (non-hydrogen) atoms. The molecule has 0 radical (unpaired) electrons. The Balaban J connectivity index is 2.35. The molecule has 0 atom stereocenters. The van der Waals surface area contributed by atoms with E-state index >= 15 is 0 Å². The molecule has 1 N–H and O–H groups in total. The van der Waals surface area contributed by atoms with Gasteiger partial charge in [0.05, 0.1) is 18.7 Å². The smallest absolute Gasteiger partial charge is 0.305 e. The molecule has 1 aromatic carbocycles. The van der Waals surface area contributed by atoms with E-state index < -0.39 is 5.97 Å². The van der Waals surface area contributed by atoms with Crippen molar-refractivity contribution in [3.63, 3.8) is 0 Å². The summed E-state index contributed by atoms with van der Waals surface area (Å²) in [5.74, 6) is -0.949. The first kappa shape index (κ1) is 13.0. The van der Waals surface area contributed by atoms with Crippen LogP contribution >= 0.6 is 0 Å². The minimum absolute atomic E-state index is 0.0772. The van der Waals surface area contributed by atoms with Crippen LogP contribution in [0.15, 0.2) is 41.2 Å². The van der Waals surface area contributed by atoms with Crippen molar-refractivity contribution < 1.29 is 9.90 Å². The van der Waals surface area contributed by atoms with Gasteiger partial charge in [0.25, 0.3) is 5.56 Å². The molecule has 2 rings (SSSR count). The highest BCUT2D eigenvalue weighted by Gasteiger charge is 2.05. The van der Waals surface area contributed by atoms with Gasteiger partial charge >= 0.3 is 5.97 Å². The van der Waals surface area contributed by atoms with Crippen molar-refractivity contribution in [2.75, 3.05) is 0 Å². The lowest BCUT2D eigenvalue weighted by Crippen LogP contribution is -2.23. The zero-order chi connectivity index (χ0) is 13.8. The topological polar surface area (TPSA) is 72.2 Å². The van der Waals surface area contributed by atoms with E-state index in [1.165, 1.54) is 10.7 Å². The number of hydrogen-bond donors (Lipinski definition) is 1. The minimum atomic E-state index is -0.949. The van der Waals surface area contributed by atoms with E-state index in [4.69, 9.17) is 5.11 Å². The Morgan fingerprint density at radius 3 is 2.79 bits per heavy atom. The molecule has 0 unspecified atom stereocenters. The van der Waals surface area contributed by atoms with Crippen LogP contribution in [-0.2, 0) is 11.3 Å². The molecule has 0 fully saturated rings. The van der Waals surface area contributed by atoms with Crippen LogP contribution in [0.3, 0.4) is 0 Å². The summed E-state index contributed by atoms with van der Waals surface area (Å²) < 4.78 is 1.19. The number of hydrogen-bond acceptors (Lipinski definition) is 3. The van der Waals surface area contributed by atoms with Crippen LogP contribution < -0.4 is 5.56 Å². The zero-order valence-corrected chi connectivity index (χ0v) is 10.5. The Bertz CT molecular complexity index is 662. The highest BCUT2D eigenvalue weighted by molar-refractivity contribution is 5.66. The summed E-state index contributed by atoms with van der Waals surface area (Å²) in [5.41, 5.74) is 2.37. The second kappa shape index (κ2) is 5.48. The van der Waals surface area contributed by atoms with Gasteiger partial charge in [0, 0.05) is 11.6 Å². The summed E-state index contributed by atoms with van der Waals surface area (Å²) in [4.78, 5) is 22.1. The molecule has 0 aliphatic rings. The maximum absolute atomic E-state index is 11.6. The number of nitrogens with zero attached hydrogens (tertiary/aromatic N) is 2. The van der Waals surface area contributed by atoms with Crippen LogP contribution in [0.5, 0.6) is 0 Å². The Morgan fingerprint density at radius 2 is 2.11 bits per heavy atom. The number of aromatic nitrogens is 2. The van der Waals surface area contributed by atoms with Crippen LogP contribution in [0.4, 0.5) is 0 Å². The number of carboxylic acid groups (broad SMARTS) is 1. The Kier molecular flexibility index (Phi) is 3.75. The molecule has 1 heterocycles. The molecule has 98 valence electrons. The van der Waals surface area contributed by atoms with Gasteiger partial charge in [-0.2, -0.15) is 5.10 Å². The lowest BCUT2D eigenvalue weighted by molar-refractivity contribution is -0.137.